The summed E-state index contributed by atoms with van der Waals surface area (Å²) in [6.07, 6.45) is 4.50. The summed E-state index contributed by atoms with van der Waals surface area (Å²) in [7, 11) is 1.84. The van der Waals surface area contributed by atoms with Crippen molar-refractivity contribution in [3.63, 3.8) is 0 Å². The second-order valence-corrected chi connectivity index (χ2v) is 3.45. The van der Waals surface area contributed by atoms with E-state index in [1.807, 2.05) is 24.7 Å². The molecule has 0 aliphatic carbocycles. The first kappa shape index (κ1) is 8.29. The van der Waals surface area contributed by atoms with Crippen molar-refractivity contribution in [3.05, 3.63) is 18.2 Å². The van der Waals surface area contributed by atoms with Gasteiger partial charge in [-0.2, -0.15) is 0 Å². The normalized spacial score (nSPS) is 22.8. The number of aromatic nitrogens is 2. The Morgan fingerprint density at radius 2 is 2.38 bits per heavy atom. The molecule has 2 rings (SSSR count). The number of imidazole rings is 1. The molecule has 1 fully saturated rings. The first-order chi connectivity index (χ1) is 6.20. The predicted molar refractivity (Wildman–Crippen MR) is 48.3 cm³/mol. The number of hydrogen-bond donors (Lipinski definition) is 0. The summed E-state index contributed by atoms with van der Waals surface area (Å²) in [6, 6.07) is -0.0208. The van der Waals surface area contributed by atoms with E-state index in [1.54, 1.807) is 11.1 Å². The van der Waals surface area contributed by atoms with Gasteiger partial charge in [0.1, 0.15) is 11.9 Å². The zero-order valence-corrected chi connectivity index (χ0v) is 7.90. The molecular weight excluding hydrogens is 166 g/mol. The molecule has 1 aliphatic heterocycles. The fourth-order valence-electron chi connectivity index (χ4n) is 1.78. The molecule has 1 atom stereocenters. The Morgan fingerprint density at radius 1 is 1.62 bits per heavy atom. The van der Waals surface area contributed by atoms with Crippen LogP contribution in [0.25, 0.3) is 0 Å². The highest BCUT2D eigenvalue weighted by Gasteiger charge is 2.30. The zero-order valence-electron chi connectivity index (χ0n) is 7.90. The highest BCUT2D eigenvalue weighted by atomic mass is 16.2. The summed E-state index contributed by atoms with van der Waals surface area (Å²) < 4.78 is 1.95. The van der Waals surface area contributed by atoms with Gasteiger partial charge in [0.05, 0.1) is 0 Å². The predicted octanol–water partition coefficient (Wildman–Crippen LogP) is 0.595. The van der Waals surface area contributed by atoms with E-state index in [-0.39, 0.29) is 11.9 Å². The van der Waals surface area contributed by atoms with Gasteiger partial charge in [-0.25, -0.2) is 4.98 Å². The Hall–Kier alpha value is -1.32. The van der Waals surface area contributed by atoms with E-state index in [9.17, 15) is 4.79 Å². The molecule has 2 heterocycles. The second-order valence-electron chi connectivity index (χ2n) is 3.45. The molecule has 1 saturated heterocycles. The smallest absolute Gasteiger partial charge is 0.245 e. The standard InChI is InChI=1S/C9H13N3O/c1-7-10-4-6-12(7)8-3-5-11(2)9(8)13/h4,6,8H,3,5H2,1-2H3. The van der Waals surface area contributed by atoms with Crippen molar-refractivity contribution in [2.45, 2.75) is 19.4 Å². The maximum absolute atomic E-state index is 11.6. The zero-order chi connectivity index (χ0) is 9.42. The van der Waals surface area contributed by atoms with E-state index >= 15 is 0 Å². The molecule has 70 valence electrons. The van der Waals surface area contributed by atoms with Crippen LogP contribution in [0.1, 0.15) is 18.3 Å². The van der Waals surface area contributed by atoms with Crippen molar-refractivity contribution < 1.29 is 4.79 Å². The van der Waals surface area contributed by atoms with Crippen LogP contribution in [0.15, 0.2) is 12.4 Å². The average molecular weight is 179 g/mol. The van der Waals surface area contributed by atoms with Gasteiger partial charge in [0.25, 0.3) is 0 Å². The number of carbonyl (C=O) groups is 1. The topological polar surface area (TPSA) is 38.1 Å². The van der Waals surface area contributed by atoms with Gasteiger partial charge in [0.15, 0.2) is 0 Å². The molecule has 13 heavy (non-hydrogen) atoms. The number of aryl methyl sites for hydroxylation is 1. The second kappa shape index (κ2) is 2.87. The molecule has 1 aromatic heterocycles. The minimum absolute atomic E-state index is 0.0208. The highest BCUT2D eigenvalue weighted by Crippen LogP contribution is 2.22. The van der Waals surface area contributed by atoms with E-state index in [4.69, 9.17) is 0 Å². The lowest BCUT2D eigenvalue weighted by Gasteiger charge is -2.12. The largest absolute Gasteiger partial charge is 0.344 e. The van der Waals surface area contributed by atoms with Gasteiger partial charge in [0, 0.05) is 26.0 Å². The maximum atomic E-state index is 11.6. The van der Waals surface area contributed by atoms with Crippen LogP contribution in [0, 0.1) is 6.92 Å². The van der Waals surface area contributed by atoms with Gasteiger partial charge < -0.3 is 9.47 Å². The molecule has 1 aliphatic rings. The third-order valence-electron chi connectivity index (χ3n) is 2.60. The Bertz CT molecular complexity index is 331. The highest BCUT2D eigenvalue weighted by molar-refractivity contribution is 5.82. The van der Waals surface area contributed by atoms with Gasteiger partial charge >= 0.3 is 0 Å². The summed E-state index contributed by atoms with van der Waals surface area (Å²) in [5.74, 6) is 1.11. The fraction of sp³-hybridized carbons (Fsp3) is 0.556. The first-order valence-electron chi connectivity index (χ1n) is 4.44. The molecule has 1 unspecified atom stereocenters. The number of amides is 1. The maximum Gasteiger partial charge on any atom is 0.245 e. The minimum atomic E-state index is -0.0208. The Morgan fingerprint density at radius 3 is 2.85 bits per heavy atom. The monoisotopic (exact) mass is 179 g/mol. The van der Waals surface area contributed by atoms with Crippen LogP contribution in [0.5, 0.6) is 0 Å². The third kappa shape index (κ3) is 1.22. The summed E-state index contributed by atoms with van der Waals surface area (Å²) in [6.45, 7) is 2.77. The summed E-state index contributed by atoms with van der Waals surface area (Å²) in [5.41, 5.74) is 0. The molecule has 0 bridgehead atoms. The average Bonchev–Trinajstić information content (AvgIpc) is 2.62. The van der Waals surface area contributed by atoms with Crippen molar-refractivity contribution >= 4 is 5.91 Å². The molecular formula is C9H13N3O. The molecule has 1 amide bonds. The number of likely N-dealkylation sites (tertiary alicyclic amines) is 1. The number of hydrogen-bond acceptors (Lipinski definition) is 2. The summed E-state index contributed by atoms with van der Waals surface area (Å²) >= 11 is 0. The van der Waals surface area contributed by atoms with Crippen LogP contribution in [0.2, 0.25) is 0 Å². The van der Waals surface area contributed by atoms with E-state index < -0.39 is 0 Å². The van der Waals surface area contributed by atoms with Gasteiger partial charge in [-0.05, 0) is 13.3 Å². The van der Waals surface area contributed by atoms with E-state index in [1.165, 1.54) is 0 Å². The lowest BCUT2D eigenvalue weighted by molar-refractivity contribution is -0.129. The van der Waals surface area contributed by atoms with Crippen molar-refractivity contribution in [2.24, 2.45) is 0 Å². The van der Waals surface area contributed by atoms with Crippen LogP contribution < -0.4 is 0 Å². The molecule has 1 aromatic rings. The lowest BCUT2D eigenvalue weighted by atomic mass is 10.2. The first-order valence-corrected chi connectivity index (χ1v) is 4.44. The molecule has 4 nitrogen and oxygen atoms in total. The molecule has 0 radical (unpaired) electrons. The fourth-order valence-corrected chi connectivity index (χ4v) is 1.78. The van der Waals surface area contributed by atoms with Crippen molar-refractivity contribution in [3.8, 4) is 0 Å². The SMILES string of the molecule is Cc1nccn1C1CCN(C)C1=O. The quantitative estimate of drug-likeness (QED) is 0.633. The number of likely N-dealkylation sites (N-methyl/N-ethyl adjacent to an activating group) is 1. The van der Waals surface area contributed by atoms with Crippen LogP contribution in [-0.4, -0.2) is 34.0 Å². The van der Waals surface area contributed by atoms with Gasteiger partial charge in [-0.15, -0.1) is 0 Å². The number of nitrogens with zero attached hydrogens (tertiary/aromatic N) is 3. The number of rotatable bonds is 1. The van der Waals surface area contributed by atoms with E-state index in [2.05, 4.69) is 4.98 Å². The number of carbonyl (C=O) groups excluding carboxylic acids is 1. The van der Waals surface area contributed by atoms with Crippen molar-refractivity contribution in [1.29, 1.82) is 0 Å². The van der Waals surface area contributed by atoms with E-state index in [0.29, 0.717) is 0 Å². The summed E-state index contributed by atoms with van der Waals surface area (Å²) in [5, 5.41) is 0. The third-order valence-corrected chi connectivity index (χ3v) is 2.60. The molecule has 0 N–H and O–H groups in total. The Labute approximate surface area is 77.2 Å². The Kier molecular flexibility index (Phi) is 1.83. The molecule has 4 heteroatoms. The van der Waals surface area contributed by atoms with Crippen molar-refractivity contribution in [2.75, 3.05) is 13.6 Å². The van der Waals surface area contributed by atoms with Gasteiger partial charge in [0.2, 0.25) is 5.91 Å². The van der Waals surface area contributed by atoms with Crippen LogP contribution in [0.4, 0.5) is 0 Å². The molecule has 0 saturated carbocycles. The molecule has 0 aromatic carbocycles. The molecule has 0 spiro atoms. The van der Waals surface area contributed by atoms with E-state index in [0.717, 1.165) is 18.8 Å². The van der Waals surface area contributed by atoms with Crippen LogP contribution >= 0.6 is 0 Å². The Balaban J connectivity index is 2.28. The van der Waals surface area contributed by atoms with Gasteiger partial charge in [-0.3, -0.25) is 4.79 Å². The summed E-state index contributed by atoms with van der Waals surface area (Å²) in [4.78, 5) is 17.5. The minimum Gasteiger partial charge on any atom is -0.344 e. The van der Waals surface area contributed by atoms with Crippen molar-refractivity contribution in [1.82, 2.24) is 14.5 Å². The van der Waals surface area contributed by atoms with Crippen LogP contribution in [0.3, 0.4) is 0 Å². The lowest BCUT2D eigenvalue weighted by Crippen LogP contribution is -2.24. The van der Waals surface area contributed by atoms with Gasteiger partial charge in [-0.1, -0.05) is 0 Å². The van der Waals surface area contributed by atoms with Crippen LogP contribution in [-0.2, 0) is 4.79 Å².